The highest BCUT2D eigenvalue weighted by Gasteiger charge is 2.22. The Kier molecular flexibility index (Phi) is 3.25. The minimum absolute atomic E-state index is 0.143. The highest BCUT2D eigenvalue weighted by Crippen LogP contribution is 2.27. The molecule has 0 spiro atoms. The Morgan fingerprint density at radius 3 is 2.41 bits per heavy atom. The van der Waals surface area contributed by atoms with Gasteiger partial charge in [0.2, 0.25) is 5.78 Å². The van der Waals surface area contributed by atoms with Gasteiger partial charge in [-0.15, -0.1) is 0 Å². The molecule has 0 amide bonds. The Morgan fingerprint density at radius 1 is 1.09 bits per heavy atom. The molecule has 1 heterocycles. The van der Waals surface area contributed by atoms with Gasteiger partial charge in [-0.2, -0.15) is 0 Å². The molecule has 0 saturated carbocycles. The van der Waals surface area contributed by atoms with Crippen LogP contribution in [0, 0.1) is 5.82 Å². The first kappa shape index (κ1) is 14.0. The van der Waals surface area contributed by atoms with Crippen molar-refractivity contribution in [2.45, 2.75) is 0 Å². The normalized spacial score (nSPS) is 10.8. The molecule has 0 aliphatic carbocycles. The molecular weight excluding hydrogens is 285 g/mol. The van der Waals surface area contributed by atoms with Crippen LogP contribution in [0.2, 0.25) is 0 Å². The zero-order chi connectivity index (χ0) is 15.9. The number of carbonyl (C=O) groups is 1. The maximum Gasteiger partial charge on any atom is 0.265 e. The van der Waals surface area contributed by atoms with E-state index in [-0.39, 0.29) is 16.9 Å². The summed E-state index contributed by atoms with van der Waals surface area (Å²) >= 11 is 0. The number of rotatable bonds is 2. The van der Waals surface area contributed by atoms with E-state index in [9.17, 15) is 19.1 Å². The van der Waals surface area contributed by atoms with E-state index in [1.54, 1.807) is 24.3 Å². The van der Waals surface area contributed by atoms with Gasteiger partial charge in [0.05, 0.1) is 5.52 Å². The Hall–Kier alpha value is -2.95. The molecule has 1 aromatic heterocycles. The van der Waals surface area contributed by atoms with Crippen LogP contribution in [0.15, 0.2) is 53.3 Å². The average molecular weight is 297 g/mol. The number of hydrogen-bond donors (Lipinski definition) is 1. The number of ketones is 1. The molecule has 0 bridgehead atoms. The molecule has 1 N–H and O–H groups in total. The SMILES string of the molecule is Cn1c(=O)c(C(=O)c2ccc(F)cc2)c(O)c2ccccc21. The maximum atomic E-state index is 13.0. The molecule has 0 saturated heterocycles. The van der Waals surface area contributed by atoms with Gasteiger partial charge < -0.3 is 9.67 Å². The average Bonchev–Trinajstić information content (AvgIpc) is 2.53. The number of hydrogen-bond acceptors (Lipinski definition) is 3. The molecule has 0 aliphatic heterocycles. The van der Waals surface area contributed by atoms with E-state index in [0.29, 0.717) is 10.9 Å². The number of halogens is 1. The third-order valence-corrected chi connectivity index (χ3v) is 3.61. The molecule has 5 heteroatoms. The third-order valence-electron chi connectivity index (χ3n) is 3.61. The van der Waals surface area contributed by atoms with E-state index < -0.39 is 17.2 Å². The van der Waals surface area contributed by atoms with Gasteiger partial charge in [0.25, 0.3) is 5.56 Å². The molecule has 110 valence electrons. The van der Waals surface area contributed by atoms with Crippen LogP contribution in [0.5, 0.6) is 5.75 Å². The quantitative estimate of drug-likeness (QED) is 0.740. The predicted octanol–water partition coefficient (Wildman–Crippen LogP) is 2.61. The summed E-state index contributed by atoms with van der Waals surface area (Å²) in [5.41, 5.74) is -0.233. The highest BCUT2D eigenvalue weighted by molar-refractivity contribution is 6.12. The van der Waals surface area contributed by atoms with Crippen LogP contribution in [0.25, 0.3) is 10.9 Å². The second-order valence-corrected chi connectivity index (χ2v) is 4.94. The summed E-state index contributed by atoms with van der Waals surface area (Å²) in [7, 11) is 1.53. The molecule has 0 radical (unpaired) electrons. The fraction of sp³-hybridized carbons (Fsp3) is 0.0588. The van der Waals surface area contributed by atoms with Crippen LogP contribution >= 0.6 is 0 Å². The molecule has 0 aliphatic rings. The highest BCUT2D eigenvalue weighted by atomic mass is 19.1. The van der Waals surface area contributed by atoms with Crippen LogP contribution in [-0.2, 0) is 7.05 Å². The summed E-state index contributed by atoms with van der Waals surface area (Å²) in [6.07, 6.45) is 0. The zero-order valence-electron chi connectivity index (χ0n) is 11.7. The third kappa shape index (κ3) is 2.07. The van der Waals surface area contributed by atoms with Crippen molar-refractivity contribution in [3.05, 3.63) is 75.8 Å². The van der Waals surface area contributed by atoms with Crippen molar-refractivity contribution in [3.8, 4) is 5.75 Å². The molecular formula is C17H12FNO3. The number of aryl methyl sites for hydroxylation is 1. The lowest BCUT2D eigenvalue weighted by Gasteiger charge is -2.11. The number of pyridine rings is 1. The van der Waals surface area contributed by atoms with Crippen LogP contribution in [-0.4, -0.2) is 15.5 Å². The maximum absolute atomic E-state index is 13.0. The first-order chi connectivity index (χ1) is 10.5. The molecule has 3 rings (SSSR count). The summed E-state index contributed by atoms with van der Waals surface area (Å²) < 4.78 is 14.3. The molecule has 4 nitrogen and oxygen atoms in total. The Labute approximate surface area is 125 Å². The van der Waals surface area contributed by atoms with Crippen LogP contribution in [0.3, 0.4) is 0 Å². The molecule has 22 heavy (non-hydrogen) atoms. The van der Waals surface area contributed by atoms with Crippen molar-refractivity contribution < 1.29 is 14.3 Å². The molecule has 0 atom stereocenters. The summed E-state index contributed by atoms with van der Waals surface area (Å²) in [6.45, 7) is 0. The smallest absolute Gasteiger partial charge is 0.265 e. The van der Waals surface area contributed by atoms with E-state index in [1.807, 2.05) is 0 Å². The van der Waals surface area contributed by atoms with Gasteiger partial charge in [-0.25, -0.2) is 4.39 Å². The minimum Gasteiger partial charge on any atom is -0.506 e. The van der Waals surface area contributed by atoms with E-state index in [0.717, 1.165) is 12.1 Å². The number of aromatic nitrogens is 1. The van der Waals surface area contributed by atoms with Gasteiger partial charge in [0.1, 0.15) is 17.1 Å². The topological polar surface area (TPSA) is 59.3 Å². The monoisotopic (exact) mass is 297 g/mol. The number of para-hydroxylation sites is 1. The standard InChI is InChI=1S/C17H12FNO3/c1-19-13-5-3-2-4-12(13)16(21)14(17(19)22)15(20)10-6-8-11(18)9-7-10/h2-9,21H,1H3. The lowest BCUT2D eigenvalue weighted by molar-refractivity contribution is 0.103. The second-order valence-electron chi connectivity index (χ2n) is 4.94. The Morgan fingerprint density at radius 2 is 1.73 bits per heavy atom. The van der Waals surface area contributed by atoms with Gasteiger partial charge in [-0.05, 0) is 36.4 Å². The minimum atomic E-state index is -0.635. The Bertz CT molecular complexity index is 943. The van der Waals surface area contributed by atoms with Crippen molar-refractivity contribution >= 4 is 16.7 Å². The molecule has 0 unspecified atom stereocenters. The van der Waals surface area contributed by atoms with E-state index in [4.69, 9.17) is 0 Å². The summed E-state index contributed by atoms with van der Waals surface area (Å²) in [6, 6.07) is 11.6. The van der Waals surface area contributed by atoms with E-state index in [1.165, 1.54) is 23.7 Å². The second kappa shape index (κ2) is 5.11. The predicted molar refractivity (Wildman–Crippen MR) is 80.7 cm³/mol. The summed E-state index contributed by atoms with van der Waals surface area (Å²) in [5.74, 6) is -1.47. The Balaban J connectivity index is 2.29. The lowest BCUT2D eigenvalue weighted by Crippen LogP contribution is -2.25. The van der Waals surface area contributed by atoms with Gasteiger partial charge in [-0.1, -0.05) is 12.1 Å². The van der Waals surface area contributed by atoms with E-state index in [2.05, 4.69) is 0 Å². The summed E-state index contributed by atoms with van der Waals surface area (Å²) in [5, 5.41) is 10.7. The van der Waals surface area contributed by atoms with Crippen LogP contribution < -0.4 is 5.56 Å². The van der Waals surface area contributed by atoms with Crippen molar-refractivity contribution in [1.29, 1.82) is 0 Å². The van der Waals surface area contributed by atoms with Gasteiger partial charge in [0, 0.05) is 18.0 Å². The van der Waals surface area contributed by atoms with Crippen LogP contribution in [0.4, 0.5) is 4.39 Å². The fourth-order valence-corrected chi connectivity index (χ4v) is 2.43. The van der Waals surface area contributed by atoms with Gasteiger partial charge >= 0.3 is 0 Å². The lowest BCUT2D eigenvalue weighted by atomic mass is 10.0. The van der Waals surface area contributed by atoms with Gasteiger partial charge in [0.15, 0.2) is 0 Å². The van der Waals surface area contributed by atoms with Crippen molar-refractivity contribution in [2.24, 2.45) is 7.05 Å². The fourth-order valence-electron chi connectivity index (χ4n) is 2.43. The number of carbonyl (C=O) groups excluding carboxylic acids is 1. The van der Waals surface area contributed by atoms with Crippen molar-refractivity contribution in [1.82, 2.24) is 4.57 Å². The number of aromatic hydroxyl groups is 1. The van der Waals surface area contributed by atoms with Crippen molar-refractivity contribution in [3.63, 3.8) is 0 Å². The first-order valence-electron chi connectivity index (χ1n) is 6.61. The number of nitrogens with zero attached hydrogens (tertiary/aromatic N) is 1. The molecule has 3 aromatic rings. The molecule has 0 fully saturated rings. The van der Waals surface area contributed by atoms with E-state index >= 15 is 0 Å². The summed E-state index contributed by atoms with van der Waals surface area (Å²) in [4.78, 5) is 24.9. The van der Waals surface area contributed by atoms with Crippen molar-refractivity contribution in [2.75, 3.05) is 0 Å². The van der Waals surface area contributed by atoms with Gasteiger partial charge in [-0.3, -0.25) is 9.59 Å². The van der Waals surface area contributed by atoms with Crippen LogP contribution in [0.1, 0.15) is 15.9 Å². The number of fused-ring (bicyclic) bond motifs is 1. The number of benzene rings is 2. The largest absolute Gasteiger partial charge is 0.506 e. The first-order valence-corrected chi connectivity index (χ1v) is 6.61. The zero-order valence-corrected chi connectivity index (χ0v) is 11.7. The molecule has 2 aromatic carbocycles.